The van der Waals surface area contributed by atoms with Crippen molar-refractivity contribution in [3.8, 4) is 17.1 Å². The third-order valence-corrected chi connectivity index (χ3v) is 6.86. The maximum Gasteiger partial charge on any atom is 0.310 e. The number of esters is 1. The third-order valence-electron chi connectivity index (χ3n) is 5.84. The summed E-state index contributed by atoms with van der Waals surface area (Å²) in [5.41, 5.74) is 2.00. The number of benzene rings is 2. The Morgan fingerprint density at radius 1 is 1.06 bits per heavy atom. The summed E-state index contributed by atoms with van der Waals surface area (Å²) in [4.78, 5) is 26.6. The summed E-state index contributed by atoms with van der Waals surface area (Å²) in [6.07, 6.45) is 2.81. The normalized spacial score (nSPS) is 15.8. The molecule has 2 heterocycles. The van der Waals surface area contributed by atoms with Crippen LogP contribution < -0.4 is 0 Å². The van der Waals surface area contributed by atoms with Crippen molar-refractivity contribution in [3.63, 3.8) is 0 Å². The number of hydrogen-bond acceptors (Lipinski definition) is 6. The lowest BCUT2D eigenvalue weighted by molar-refractivity contribution is -0.151. The number of ether oxygens (including phenoxy) is 1. The highest BCUT2D eigenvalue weighted by Crippen LogP contribution is 2.28. The Balaban J connectivity index is 1.36. The van der Waals surface area contributed by atoms with Gasteiger partial charge in [-0.25, -0.2) is 0 Å². The average Bonchev–Trinajstić information content (AvgIpc) is 3.31. The molecular formula is C26H30N4O3S. The first-order valence-corrected chi connectivity index (χ1v) is 12.8. The molecule has 1 aromatic heterocycles. The smallest absolute Gasteiger partial charge is 0.310 e. The molecular weight excluding hydrogens is 448 g/mol. The fraction of sp³-hybridized carbons (Fsp3) is 0.385. The van der Waals surface area contributed by atoms with Crippen molar-refractivity contribution >= 4 is 23.6 Å². The molecule has 178 valence electrons. The molecule has 1 aliphatic rings. The van der Waals surface area contributed by atoms with E-state index < -0.39 is 0 Å². The van der Waals surface area contributed by atoms with Gasteiger partial charge >= 0.3 is 5.97 Å². The van der Waals surface area contributed by atoms with Crippen LogP contribution in [0.15, 0.2) is 65.8 Å². The number of carbonyl (C=O) groups is 2. The molecule has 1 aliphatic heterocycles. The van der Waals surface area contributed by atoms with E-state index >= 15 is 0 Å². The zero-order valence-corrected chi connectivity index (χ0v) is 20.2. The van der Waals surface area contributed by atoms with E-state index in [1.807, 2.05) is 72.5 Å². The number of aromatic nitrogens is 3. The summed E-state index contributed by atoms with van der Waals surface area (Å²) < 4.78 is 7.21. The minimum Gasteiger partial charge on any atom is -0.466 e. The maximum absolute atomic E-state index is 12.7. The number of thioether (sulfide) groups is 1. The number of nitrogens with zero attached hydrogens (tertiary/aromatic N) is 4. The van der Waals surface area contributed by atoms with Gasteiger partial charge in [0, 0.05) is 36.5 Å². The molecule has 0 saturated carbocycles. The fourth-order valence-electron chi connectivity index (χ4n) is 4.15. The molecule has 1 saturated heterocycles. The van der Waals surface area contributed by atoms with Crippen LogP contribution in [0.5, 0.6) is 0 Å². The minimum absolute atomic E-state index is 0.101. The molecule has 8 heteroatoms. The molecule has 2 aromatic carbocycles. The summed E-state index contributed by atoms with van der Waals surface area (Å²) in [5.74, 6) is 1.26. The van der Waals surface area contributed by atoms with Crippen molar-refractivity contribution in [1.82, 2.24) is 19.7 Å². The predicted octanol–water partition coefficient (Wildman–Crippen LogP) is 4.61. The second-order valence-electron chi connectivity index (χ2n) is 8.23. The largest absolute Gasteiger partial charge is 0.466 e. The van der Waals surface area contributed by atoms with Crippen molar-refractivity contribution < 1.29 is 14.3 Å². The zero-order valence-electron chi connectivity index (χ0n) is 19.4. The summed E-state index contributed by atoms with van der Waals surface area (Å²) in [5, 5.41) is 9.72. The highest BCUT2D eigenvalue weighted by Gasteiger charge is 2.29. The Morgan fingerprint density at radius 2 is 1.79 bits per heavy atom. The number of rotatable bonds is 9. The lowest BCUT2D eigenvalue weighted by Gasteiger charge is -2.31. The lowest BCUT2D eigenvalue weighted by atomic mass is 9.98. The monoisotopic (exact) mass is 478 g/mol. The molecule has 3 aromatic rings. The molecule has 7 nitrogen and oxygen atoms in total. The topological polar surface area (TPSA) is 77.3 Å². The van der Waals surface area contributed by atoms with E-state index in [1.54, 1.807) is 11.8 Å². The molecule has 34 heavy (non-hydrogen) atoms. The number of carbonyl (C=O) groups excluding carboxylic acids is 2. The Kier molecular flexibility index (Phi) is 8.36. The van der Waals surface area contributed by atoms with Crippen LogP contribution in [0.4, 0.5) is 0 Å². The number of para-hydroxylation sites is 1. The molecule has 0 spiro atoms. The predicted molar refractivity (Wildman–Crippen MR) is 133 cm³/mol. The Labute approximate surface area is 204 Å². The summed E-state index contributed by atoms with van der Waals surface area (Å²) >= 11 is 1.60. The molecule has 0 aliphatic carbocycles. The first kappa shape index (κ1) is 24.0. The SMILES string of the molecule is CCOC(=O)C1CCCN(C(=O)CCCSc2nnc(-c3ccccc3)n2-c2ccccc2)C1. The van der Waals surface area contributed by atoms with E-state index in [2.05, 4.69) is 14.8 Å². The second kappa shape index (κ2) is 11.8. The first-order valence-electron chi connectivity index (χ1n) is 11.8. The van der Waals surface area contributed by atoms with Gasteiger partial charge in [-0.15, -0.1) is 10.2 Å². The van der Waals surface area contributed by atoms with E-state index in [4.69, 9.17) is 4.74 Å². The van der Waals surface area contributed by atoms with Gasteiger partial charge in [-0.05, 0) is 38.3 Å². The van der Waals surface area contributed by atoms with Gasteiger partial charge in [0.2, 0.25) is 5.91 Å². The van der Waals surface area contributed by atoms with Gasteiger partial charge < -0.3 is 9.64 Å². The van der Waals surface area contributed by atoms with E-state index in [1.165, 1.54) is 0 Å². The summed E-state index contributed by atoms with van der Waals surface area (Å²) in [7, 11) is 0. The summed E-state index contributed by atoms with van der Waals surface area (Å²) in [6, 6.07) is 20.1. The van der Waals surface area contributed by atoms with Crippen LogP contribution in [0.1, 0.15) is 32.6 Å². The van der Waals surface area contributed by atoms with Crippen molar-refractivity contribution in [3.05, 3.63) is 60.7 Å². The van der Waals surface area contributed by atoms with Crippen molar-refractivity contribution in [1.29, 1.82) is 0 Å². The highest BCUT2D eigenvalue weighted by molar-refractivity contribution is 7.99. The van der Waals surface area contributed by atoms with Gasteiger partial charge in [0.05, 0.1) is 12.5 Å². The van der Waals surface area contributed by atoms with Crippen LogP contribution in [0.2, 0.25) is 0 Å². The van der Waals surface area contributed by atoms with Crippen LogP contribution in [-0.2, 0) is 14.3 Å². The van der Waals surface area contributed by atoms with Gasteiger partial charge in [-0.2, -0.15) is 0 Å². The molecule has 0 radical (unpaired) electrons. The molecule has 4 rings (SSSR count). The van der Waals surface area contributed by atoms with Gasteiger partial charge in [-0.1, -0.05) is 60.3 Å². The van der Waals surface area contributed by atoms with Gasteiger partial charge in [0.1, 0.15) is 0 Å². The number of piperidine rings is 1. The molecule has 0 N–H and O–H groups in total. The van der Waals surface area contributed by atoms with E-state index in [0.717, 1.165) is 47.2 Å². The van der Waals surface area contributed by atoms with Crippen LogP contribution >= 0.6 is 11.8 Å². The van der Waals surface area contributed by atoms with Crippen molar-refractivity contribution in [2.75, 3.05) is 25.4 Å². The molecule has 1 unspecified atom stereocenters. The van der Waals surface area contributed by atoms with Crippen LogP contribution in [-0.4, -0.2) is 57.0 Å². The Hall–Kier alpha value is -3.13. The van der Waals surface area contributed by atoms with E-state index in [-0.39, 0.29) is 17.8 Å². The number of likely N-dealkylation sites (tertiary alicyclic amines) is 1. The zero-order chi connectivity index (χ0) is 23.8. The number of amides is 1. The quantitative estimate of drug-likeness (QED) is 0.254. The van der Waals surface area contributed by atoms with Gasteiger partial charge in [0.25, 0.3) is 0 Å². The Morgan fingerprint density at radius 3 is 2.53 bits per heavy atom. The lowest BCUT2D eigenvalue weighted by Crippen LogP contribution is -2.42. The number of hydrogen-bond donors (Lipinski definition) is 0. The van der Waals surface area contributed by atoms with Gasteiger partial charge in [0.15, 0.2) is 11.0 Å². The molecule has 1 amide bonds. The third kappa shape index (κ3) is 5.86. The second-order valence-corrected chi connectivity index (χ2v) is 9.29. The van der Waals surface area contributed by atoms with Crippen LogP contribution in [0.3, 0.4) is 0 Å². The Bertz CT molecular complexity index is 1090. The standard InChI is InChI=1S/C26H30N4O3S/c1-2-33-25(32)21-13-9-17-29(19-21)23(31)16-10-18-34-26-28-27-24(20-11-5-3-6-12-20)30(26)22-14-7-4-8-15-22/h3-8,11-12,14-15,21H,2,9-10,13,16-19H2,1H3. The molecule has 1 fully saturated rings. The minimum atomic E-state index is -0.201. The maximum atomic E-state index is 12.7. The van der Waals surface area contributed by atoms with Gasteiger partial charge in [-0.3, -0.25) is 14.2 Å². The summed E-state index contributed by atoms with van der Waals surface area (Å²) in [6.45, 7) is 3.36. The van der Waals surface area contributed by atoms with Crippen LogP contribution in [0.25, 0.3) is 17.1 Å². The molecule has 1 atom stereocenters. The fourth-order valence-corrected chi connectivity index (χ4v) is 5.04. The average molecular weight is 479 g/mol. The van der Waals surface area contributed by atoms with Crippen molar-refractivity contribution in [2.24, 2.45) is 5.92 Å². The highest BCUT2D eigenvalue weighted by atomic mass is 32.2. The first-order chi connectivity index (χ1) is 16.7. The van der Waals surface area contributed by atoms with E-state index in [0.29, 0.717) is 26.1 Å². The molecule has 0 bridgehead atoms. The van der Waals surface area contributed by atoms with Crippen molar-refractivity contribution in [2.45, 2.75) is 37.8 Å². The van der Waals surface area contributed by atoms with Crippen LogP contribution in [0, 0.1) is 5.92 Å². The van der Waals surface area contributed by atoms with E-state index in [9.17, 15) is 9.59 Å².